The van der Waals surface area contributed by atoms with Gasteiger partial charge in [0.15, 0.2) is 22.7 Å². The van der Waals surface area contributed by atoms with Crippen molar-refractivity contribution >= 4 is 74.6 Å². The van der Waals surface area contributed by atoms with Crippen LogP contribution in [0, 0.1) is 0 Å². The van der Waals surface area contributed by atoms with Gasteiger partial charge in [-0.3, -0.25) is 28.2 Å². The summed E-state index contributed by atoms with van der Waals surface area (Å²) >= 11 is 19.2. The van der Waals surface area contributed by atoms with Gasteiger partial charge in [-0.2, -0.15) is 4.98 Å². The molecule has 1 aliphatic rings. The molecule has 0 bridgehead atoms. The lowest BCUT2D eigenvalue weighted by atomic mass is 10.2. The van der Waals surface area contributed by atoms with Gasteiger partial charge in [0.25, 0.3) is 11.5 Å². The molecule has 3 heterocycles. The van der Waals surface area contributed by atoms with Gasteiger partial charge in [-0.25, -0.2) is 4.79 Å². The van der Waals surface area contributed by atoms with Gasteiger partial charge in [0, 0.05) is 30.7 Å². The number of halogens is 2. The van der Waals surface area contributed by atoms with Crippen molar-refractivity contribution in [3.05, 3.63) is 83.3 Å². The molecule has 0 saturated carbocycles. The van der Waals surface area contributed by atoms with E-state index in [2.05, 4.69) is 4.98 Å². The maximum atomic E-state index is 13.3. The highest BCUT2D eigenvalue weighted by molar-refractivity contribution is 8.26. The predicted molar refractivity (Wildman–Crippen MR) is 169 cm³/mol. The van der Waals surface area contributed by atoms with E-state index in [-0.39, 0.29) is 29.6 Å². The van der Waals surface area contributed by atoms with E-state index >= 15 is 0 Å². The number of amides is 1. The first-order chi connectivity index (χ1) is 20.0. The molecule has 1 aliphatic heterocycles. The molecule has 5 rings (SSSR count). The lowest BCUT2D eigenvalue weighted by Gasteiger charge is -2.14. The molecule has 0 aliphatic carbocycles. The summed E-state index contributed by atoms with van der Waals surface area (Å²) in [5.74, 6) is 0.527. The monoisotopic (exact) mass is 645 g/mol. The molecule has 1 amide bonds. The van der Waals surface area contributed by atoms with Crippen molar-refractivity contribution in [1.82, 2.24) is 23.6 Å². The van der Waals surface area contributed by atoms with Crippen LogP contribution in [0.5, 0.6) is 17.5 Å². The summed E-state index contributed by atoms with van der Waals surface area (Å²) in [7, 11) is 4.41. The number of aryl methyl sites for hydroxylation is 1. The smallest absolute Gasteiger partial charge is 0.332 e. The summed E-state index contributed by atoms with van der Waals surface area (Å²) in [4.78, 5) is 45.4. The molecule has 4 aromatic rings. The fraction of sp³-hybridized carbons (Fsp3) is 0.250. The second-order valence-electron chi connectivity index (χ2n) is 9.44. The molecule has 1 saturated heterocycles. The third-order valence-corrected chi connectivity index (χ3v) is 8.63. The van der Waals surface area contributed by atoms with Gasteiger partial charge < -0.3 is 9.47 Å². The van der Waals surface area contributed by atoms with E-state index in [0.717, 1.165) is 11.0 Å². The van der Waals surface area contributed by atoms with Crippen molar-refractivity contribution in [1.29, 1.82) is 0 Å². The van der Waals surface area contributed by atoms with Crippen LogP contribution in [-0.2, 0) is 25.4 Å². The predicted octanol–water partition coefficient (Wildman–Crippen LogP) is 5.20. The van der Waals surface area contributed by atoms with Crippen molar-refractivity contribution in [3.63, 3.8) is 0 Å². The second-order valence-corrected chi connectivity index (χ2v) is 12.0. The van der Waals surface area contributed by atoms with E-state index in [4.69, 9.17) is 44.9 Å². The molecule has 1 fully saturated rings. The zero-order valence-electron chi connectivity index (χ0n) is 23.0. The molecule has 0 atom stereocenters. The maximum Gasteiger partial charge on any atom is 0.332 e. The lowest BCUT2D eigenvalue weighted by Crippen LogP contribution is -2.37. The van der Waals surface area contributed by atoms with Crippen molar-refractivity contribution in [2.75, 3.05) is 13.7 Å². The Bertz CT molecular complexity index is 1910. The van der Waals surface area contributed by atoms with Gasteiger partial charge >= 0.3 is 11.7 Å². The summed E-state index contributed by atoms with van der Waals surface area (Å²) in [6, 6.07) is 10.2. The average Bonchev–Trinajstić information content (AvgIpc) is 3.45. The Morgan fingerprint density at radius 1 is 1.05 bits per heavy atom. The van der Waals surface area contributed by atoms with Crippen LogP contribution in [0.3, 0.4) is 0 Å². The van der Waals surface area contributed by atoms with Crippen LogP contribution in [0.4, 0.5) is 0 Å². The number of rotatable bonds is 8. The lowest BCUT2D eigenvalue weighted by molar-refractivity contribution is -0.122. The quantitative estimate of drug-likeness (QED) is 0.190. The molecule has 2 aromatic carbocycles. The van der Waals surface area contributed by atoms with Gasteiger partial charge in [0.1, 0.15) is 4.32 Å². The van der Waals surface area contributed by atoms with E-state index in [9.17, 15) is 14.4 Å². The first-order valence-electron chi connectivity index (χ1n) is 12.8. The van der Waals surface area contributed by atoms with Crippen LogP contribution in [0.25, 0.3) is 17.2 Å². The summed E-state index contributed by atoms with van der Waals surface area (Å²) in [6.45, 7) is 2.66. The van der Waals surface area contributed by atoms with Gasteiger partial charge in [-0.15, -0.1) is 0 Å². The molecular weight excluding hydrogens is 621 g/mol. The summed E-state index contributed by atoms with van der Waals surface area (Å²) in [6.07, 6.45) is 2.55. The average molecular weight is 647 g/mol. The van der Waals surface area contributed by atoms with Gasteiger partial charge in [-0.05, 0) is 47.9 Å². The third-order valence-electron chi connectivity index (χ3n) is 6.66. The Morgan fingerprint density at radius 2 is 1.81 bits per heavy atom. The van der Waals surface area contributed by atoms with Gasteiger partial charge in [-0.1, -0.05) is 66.2 Å². The van der Waals surface area contributed by atoms with E-state index < -0.39 is 11.2 Å². The number of hydrogen-bond donors (Lipinski definition) is 0. The first-order valence-corrected chi connectivity index (χ1v) is 14.7. The Morgan fingerprint density at radius 3 is 2.50 bits per heavy atom. The number of fused-ring (bicyclic) bond motifs is 1. The first kappa shape index (κ1) is 29.9. The Balaban J connectivity index is 1.58. The zero-order valence-corrected chi connectivity index (χ0v) is 26.2. The summed E-state index contributed by atoms with van der Waals surface area (Å²) < 4.78 is 16.2. The number of ether oxygens (including phenoxy) is 2. The van der Waals surface area contributed by atoms with Crippen LogP contribution in [0.1, 0.15) is 24.5 Å². The molecule has 10 nitrogen and oxygen atoms in total. The number of thiocarbonyl (C=S) groups is 1. The number of imidazole rings is 1. The SMILES string of the molecule is CCCN1C(=O)/C(=C\c2ccc(Oc3nc4c(c(=O)n(C)c(=O)n4C)n3Cc3ccc(Cl)cc3Cl)c(OC)c2)SC1=S. The number of methoxy groups -OCH3 is 1. The van der Waals surface area contributed by atoms with Crippen molar-refractivity contribution in [3.8, 4) is 17.5 Å². The number of thioether (sulfide) groups is 1. The Hall–Kier alpha value is -3.58. The van der Waals surface area contributed by atoms with Crippen molar-refractivity contribution in [2.45, 2.75) is 19.9 Å². The number of nitrogens with zero attached hydrogens (tertiary/aromatic N) is 5. The van der Waals surface area contributed by atoms with E-state index in [1.54, 1.807) is 51.9 Å². The molecule has 0 N–H and O–H groups in total. The summed E-state index contributed by atoms with van der Waals surface area (Å²) in [5, 5.41) is 0.856. The highest BCUT2D eigenvalue weighted by Gasteiger charge is 2.31. The van der Waals surface area contributed by atoms with Crippen LogP contribution >= 0.6 is 47.2 Å². The molecular formula is C28H25Cl2N5O5S2. The highest BCUT2D eigenvalue weighted by atomic mass is 35.5. The second kappa shape index (κ2) is 12.0. The molecule has 42 heavy (non-hydrogen) atoms. The van der Waals surface area contributed by atoms with E-state index in [1.165, 1.54) is 37.5 Å². The number of carbonyl (C=O) groups is 1. The van der Waals surface area contributed by atoms with Crippen LogP contribution in [-0.4, -0.2) is 47.5 Å². The minimum absolute atomic E-state index is 0.0424. The highest BCUT2D eigenvalue weighted by Crippen LogP contribution is 2.37. The molecule has 0 spiro atoms. The van der Waals surface area contributed by atoms with E-state index in [0.29, 0.717) is 48.4 Å². The maximum absolute atomic E-state index is 13.3. The number of aromatic nitrogens is 4. The van der Waals surface area contributed by atoms with Gasteiger partial charge in [0.2, 0.25) is 0 Å². The molecule has 2 aromatic heterocycles. The van der Waals surface area contributed by atoms with Crippen LogP contribution < -0.4 is 20.7 Å². The molecule has 218 valence electrons. The topological polar surface area (TPSA) is 101 Å². The summed E-state index contributed by atoms with van der Waals surface area (Å²) in [5.41, 5.74) is 0.596. The standard InChI is InChI=1S/C28H25Cl2N5O5S2/c1-5-10-34-24(36)21(42-28(34)41)12-15-6-9-19(20(11-15)39-4)40-26-31-23-22(25(37)33(3)27(38)32(23)2)35(26)14-16-7-8-17(29)13-18(16)30/h6-9,11-13H,5,10,14H2,1-4H3/b21-12+. The van der Waals surface area contributed by atoms with Crippen LogP contribution in [0.15, 0.2) is 50.9 Å². The zero-order chi connectivity index (χ0) is 30.3. The Labute approximate surface area is 260 Å². The van der Waals surface area contributed by atoms with Gasteiger partial charge in [0.05, 0.1) is 18.6 Å². The van der Waals surface area contributed by atoms with Crippen molar-refractivity contribution < 1.29 is 14.3 Å². The largest absolute Gasteiger partial charge is 0.493 e. The minimum Gasteiger partial charge on any atom is -0.493 e. The minimum atomic E-state index is -0.539. The molecule has 0 radical (unpaired) electrons. The third kappa shape index (κ3) is 5.47. The van der Waals surface area contributed by atoms with E-state index in [1.807, 2.05) is 6.92 Å². The Kier molecular flexibility index (Phi) is 8.51. The normalized spacial score (nSPS) is 14.4. The number of hydrogen-bond acceptors (Lipinski definition) is 8. The fourth-order valence-electron chi connectivity index (χ4n) is 4.50. The number of benzene rings is 2. The molecule has 14 heteroatoms. The molecule has 0 unspecified atom stereocenters. The van der Waals surface area contributed by atoms with Crippen molar-refractivity contribution in [2.24, 2.45) is 14.1 Å². The number of carbonyl (C=O) groups excluding carboxylic acids is 1. The fourth-order valence-corrected chi connectivity index (χ4v) is 6.27. The van der Waals surface area contributed by atoms with Crippen LogP contribution in [0.2, 0.25) is 10.0 Å².